The van der Waals surface area contributed by atoms with Gasteiger partial charge in [0.1, 0.15) is 0 Å². The van der Waals surface area contributed by atoms with E-state index in [1.165, 1.54) is 10.6 Å². The van der Waals surface area contributed by atoms with Gasteiger partial charge in [0, 0.05) is 49.0 Å². The fraction of sp³-hybridized carbons (Fsp3) is 0.471. The van der Waals surface area contributed by atoms with Gasteiger partial charge in [-0.25, -0.2) is 4.98 Å². The molecule has 24 heavy (non-hydrogen) atoms. The Labute approximate surface area is 144 Å². The van der Waals surface area contributed by atoms with Crippen LogP contribution in [0.2, 0.25) is 0 Å². The van der Waals surface area contributed by atoms with Crippen LogP contribution in [-0.4, -0.2) is 34.7 Å². The van der Waals surface area contributed by atoms with Gasteiger partial charge >= 0.3 is 0 Å². The van der Waals surface area contributed by atoms with Crippen LogP contribution in [0, 0.1) is 0 Å². The first kappa shape index (κ1) is 16.9. The van der Waals surface area contributed by atoms with E-state index in [0.717, 1.165) is 17.8 Å². The van der Waals surface area contributed by atoms with Crippen LogP contribution in [0.1, 0.15) is 41.0 Å². The molecule has 1 amide bonds. The van der Waals surface area contributed by atoms with E-state index < -0.39 is 0 Å². The number of nitrogens with zero attached hydrogens (tertiary/aromatic N) is 2. The first-order valence-electron chi connectivity index (χ1n) is 8.16. The third kappa shape index (κ3) is 3.91. The van der Waals surface area contributed by atoms with Crippen molar-refractivity contribution in [2.45, 2.75) is 38.3 Å². The number of hydrogen-bond donors (Lipinski definition) is 1. The molecule has 0 unspecified atom stereocenters. The summed E-state index contributed by atoms with van der Waals surface area (Å²) in [7, 11) is 0. The lowest BCUT2D eigenvalue weighted by Crippen LogP contribution is -2.43. The molecule has 1 fully saturated rings. The number of ether oxygens (including phenoxy) is 1. The van der Waals surface area contributed by atoms with Crippen LogP contribution < -0.4 is 10.9 Å². The molecule has 7 heteroatoms. The molecular formula is C17H21N3O3S. The van der Waals surface area contributed by atoms with Gasteiger partial charge in [0.25, 0.3) is 11.5 Å². The average molecular weight is 347 g/mol. The Morgan fingerprint density at radius 3 is 3.00 bits per heavy atom. The molecule has 0 bridgehead atoms. The van der Waals surface area contributed by atoms with Gasteiger partial charge in [-0.05, 0) is 25.8 Å². The van der Waals surface area contributed by atoms with E-state index in [0.29, 0.717) is 31.2 Å². The summed E-state index contributed by atoms with van der Waals surface area (Å²) in [6.07, 6.45) is 5.26. The molecule has 0 aliphatic heterocycles. The van der Waals surface area contributed by atoms with Gasteiger partial charge in [-0.3, -0.25) is 9.59 Å². The van der Waals surface area contributed by atoms with Crippen LogP contribution >= 0.6 is 11.3 Å². The van der Waals surface area contributed by atoms with Crippen LogP contribution in [0.5, 0.6) is 0 Å². The van der Waals surface area contributed by atoms with Gasteiger partial charge < -0.3 is 14.6 Å². The number of pyridine rings is 1. The molecule has 0 atom stereocenters. The largest absolute Gasteiger partial charge is 0.380 e. The minimum Gasteiger partial charge on any atom is -0.380 e. The zero-order valence-electron chi connectivity index (χ0n) is 13.6. The Hall–Kier alpha value is -1.99. The summed E-state index contributed by atoms with van der Waals surface area (Å²) in [4.78, 5) is 28.5. The predicted molar refractivity (Wildman–Crippen MR) is 92.5 cm³/mol. The molecule has 6 nitrogen and oxygen atoms in total. The molecule has 0 aromatic carbocycles. The number of aromatic nitrogens is 2. The van der Waals surface area contributed by atoms with E-state index in [9.17, 15) is 9.59 Å². The van der Waals surface area contributed by atoms with Crippen molar-refractivity contribution in [3.63, 3.8) is 0 Å². The van der Waals surface area contributed by atoms with Gasteiger partial charge in [0.05, 0.1) is 17.2 Å². The van der Waals surface area contributed by atoms with Crippen molar-refractivity contribution in [1.82, 2.24) is 14.9 Å². The van der Waals surface area contributed by atoms with Gasteiger partial charge in [0.2, 0.25) is 0 Å². The van der Waals surface area contributed by atoms with Crippen LogP contribution in [0.25, 0.3) is 0 Å². The monoisotopic (exact) mass is 347 g/mol. The molecule has 3 rings (SSSR count). The number of carbonyl (C=O) groups is 1. The minimum atomic E-state index is -0.136. The normalized spacial score (nSPS) is 19.7. The van der Waals surface area contributed by atoms with E-state index in [-0.39, 0.29) is 17.5 Å². The fourth-order valence-electron chi connectivity index (χ4n) is 2.79. The maximum atomic E-state index is 12.4. The number of hydrogen-bond acceptors (Lipinski definition) is 5. The van der Waals surface area contributed by atoms with Gasteiger partial charge in [-0.15, -0.1) is 11.3 Å². The van der Waals surface area contributed by atoms with E-state index in [1.807, 2.05) is 18.5 Å². The zero-order valence-corrected chi connectivity index (χ0v) is 14.4. The highest BCUT2D eigenvalue weighted by molar-refractivity contribution is 7.09. The average Bonchev–Trinajstić information content (AvgIpc) is 3.06. The smallest absolute Gasteiger partial charge is 0.252 e. The van der Waals surface area contributed by atoms with Gasteiger partial charge in [-0.1, -0.05) is 0 Å². The fourth-order valence-corrected chi connectivity index (χ4v) is 3.56. The van der Waals surface area contributed by atoms with Crippen molar-refractivity contribution in [2.75, 3.05) is 13.2 Å². The van der Waals surface area contributed by atoms with Crippen molar-refractivity contribution < 1.29 is 9.53 Å². The van der Waals surface area contributed by atoms with Crippen molar-refractivity contribution in [2.24, 2.45) is 0 Å². The molecule has 1 aliphatic rings. The highest BCUT2D eigenvalue weighted by Crippen LogP contribution is 2.37. The number of amides is 1. The molecular weight excluding hydrogens is 326 g/mol. The highest BCUT2D eigenvalue weighted by atomic mass is 32.1. The molecule has 1 N–H and O–H groups in total. The molecule has 2 aromatic rings. The predicted octanol–water partition coefficient (Wildman–Crippen LogP) is 2.02. The third-order valence-electron chi connectivity index (χ3n) is 4.20. The SMILES string of the molecule is CCOCCn1cc(C(=O)NC2CC(c3nccs3)C2)ccc1=O. The lowest BCUT2D eigenvalue weighted by atomic mass is 9.80. The summed E-state index contributed by atoms with van der Waals surface area (Å²) in [6.45, 7) is 3.42. The number of carbonyl (C=O) groups excluding carboxylic acids is 1. The Kier molecular flexibility index (Phi) is 5.42. The minimum absolute atomic E-state index is 0.126. The second-order valence-electron chi connectivity index (χ2n) is 5.86. The molecule has 0 spiro atoms. The van der Waals surface area contributed by atoms with Crippen LogP contribution in [0.3, 0.4) is 0 Å². The summed E-state index contributed by atoms with van der Waals surface area (Å²) in [5.41, 5.74) is 0.377. The summed E-state index contributed by atoms with van der Waals surface area (Å²) < 4.78 is 6.78. The molecule has 2 heterocycles. The Morgan fingerprint density at radius 2 is 2.29 bits per heavy atom. The van der Waals surface area contributed by atoms with E-state index in [4.69, 9.17) is 4.74 Å². The number of thiazole rings is 1. The van der Waals surface area contributed by atoms with Crippen molar-refractivity contribution in [1.29, 1.82) is 0 Å². The van der Waals surface area contributed by atoms with Crippen molar-refractivity contribution in [3.05, 3.63) is 50.8 Å². The summed E-state index contributed by atoms with van der Waals surface area (Å²) in [5.74, 6) is 0.318. The highest BCUT2D eigenvalue weighted by Gasteiger charge is 2.33. The molecule has 1 saturated carbocycles. The second kappa shape index (κ2) is 7.72. The first-order chi connectivity index (χ1) is 11.7. The maximum absolute atomic E-state index is 12.4. The third-order valence-corrected chi connectivity index (χ3v) is 5.14. The lowest BCUT2D eigenvalue weighted by molar-refractivity contribution is 0.0907. The molecule has 1 aliphatic carbocycles. The molecule has 0 saturated heterocycles. The van der Waals surface area contributed by atoms with Crippen molar-refractivity contribution >= 4 is 17.2 Å². The Morgan fingerprint density at radius 1 is 1.46 bits per heavy atom. The van der Waals surface area contributed by atoms with E-state index in [2.05, 4.69) is 10.3 Å². The standard InChI is InChI=1S/C17H21N3O3S/c1-2-23-7-6-20-11-12(3-4-15(20)21)16(22)19-14-9-13(10-14)17-18-5-8-24-17/h3-5,8,11,13-14H,2,6-7,9-10H2,1H3,(H,19,22). The summed E-state index contributed by atoms with van der Waals surface area (Å²) in [6, 6.07) is 3.18. The molecule has 2 aromatic heterocycles. The lowest BCUT2D eigenvalue weighted by Gasteiger charge is -2.34. The first-order valence-corrected chi connectivity index (χ1v) is 9.04. The number of rotatable bonds is 7. The summed E-state index contributed by atoms with van der Waals surface area (Å²) in [5, 5.41) is 6.15. The second-order valence-corrected chi connectivity index (χ2v) is 6.78. The van der Waals surface area contributed by atoms with Crippen LogP contribution in [0.15, 0.2) is 34.7 Å². The van der Waals surface area contributed by atoms with Gasteiger partial charge in [0.15, 0.2) is 0 Å². The summed E-state index contributed by atoms with van der Waals surface area (Å²) >= 11 is 1.66. The van der Waals surface area contributed by atoms with Crippen LogP contribution in [0.4, 0.5) is 0 Å². The maximum Gasteiger partial charge on any atom is 0.252 e. The van der Waals surface area contributed by atoms with E-state index >= 15 is 0 Å². The molecule has 0 radical (unpaired) electrons. The number of nitrogens with one attached hydrogen (secondary N) is 1. The van der Waals surface area contributed by atoms with Crippen molar-refractivity contribution in [3.8, 4) is 0 Å². The van der Waals surface area contributed by atoms with Gasteiger partial charge in [-0.2, -0.15) is 0 Å². The quantitative estimate of drug-likeness (QED) is 0.778. The Bertz CT molecular complexity index is 736. The molecule has 128 valence electrons. The topological polar surface area (TPSA) is 73.2 Å². The zero-order chi connectivity index (χ0) is 16.9. The Balaban J connectivity index is 1.55. The van der Waals surface area contributed by atoms with Crippen LogP contribution in [-0.2, 0) is 11.3 Å². The van der Waals surface area contributed by atoms with E-state index in [1.54, 1.807) is 23.6 Å².